The summed E-state index contributed by atoms with van der Waals surface area (Å²) in [5.41, 5.74) is 0. The number of carbonyl (C=O) groups is 4. The lowest BCUT2D eigenvalue weighted by atomic mass is 10.1. The first-order valence-electron chi connectivity index (χ1n) is 6.37. The van der Waals surface area contributed by atoms with Crippen molar-refractivity contribution in [3.05, 3.63) is 0 Å². The molecule has 1 aliphatic rings. The van der Waals surface area contributed by atoms with Gasteiger partial charge < -0.3 is 20.6 Å². The average molecular weight is 285 g/mol. The molecule has 1 fully saturated rings. The van der Waals surface area contributed by atoms with Gasteiger partial charge in [0.1, 0.15) is 6.04 Å². The molecule has 3 amide bonds. The highest BCUT2D eigenvalue weighted by Crippen LogP contribution is 2.14. The van der Waals surface area contributed by atoms with Crippen LogP contribution < -0.4 is 10.6 Å². The van der Waals surface area contributed by atoms with Crippen LogP contribution in [-0.4, -0.2) is 59.4 Å². The summed E-state index contributed by atoms with van der Waals surface area (Å²) in [4.78, 5) is 46.5. The van der Waals surface area contributed by atoms with E-state index >= 15 is 0 Å². The Balaban J connectivity index is 2.70. The molecule has 1 aliphatic heterocycles. The molecule has 112 valence electrons. The minimum atomic E-state index is -1.13. The standard InChI is InChI=1S/C12H19N3O5/c1-7(12(19)20)15(4-3-13-8(2)16)11(18)9-5-10(17)14-6-9/h7,9H,3-6H2,1-2H3,(H,13,16)(H,14,17)(H,19,20). The zero-order valence-electron chi connectivity index (χ0n) is 11.5. The summed E-state index contributed by atoms with van der Waals surface area (Å²) in [6, 6.07) is -1.01. The highest BCUT2D eigenvalue weighted by molar-refractivity contribution is 5.91. The van der Waals surface area contributed by atoms with Gasteiger partial charge in [-0.2, -0.15) is 0 Å². The summed E-state index contributed by atoms with van der Waals surface area (Å²) in [7, 11) is 0. The van der Waals surface area contributed by atoms with Gasteiger partial charge in [0.25, 0.3) is 0 Å². The maximum Gasteiger partial charge on any atom is 0.326 e. The Morgan fingerprint density at radius 2 is 2.15 bits per heavy atom. The number of hydrogen-bond donors (Lipinski definition) is 3. The predicted molar refractivity (Wildman–Crippen MR) is 68.6 cm³/mol. The van der Waals surface area contributed by atoms with Gasteiger partial charge in [0, 0.05) is 33.0 Å². The number of nitrogens with one attached hydrogen (secondary N) is 2. The van der Waals surface area contributed by atoms with Gasteiger partial charge in [-0.25, -0.2) is 4.79 Å². The van der Waals surface area contributed by atoms with Crippen molar-refractivity contribution in [2.45, 2.75) is 26.3 Å². The fourth-order valence-electron chi connectivity index (χ4n) is 1.99. The molecular formula is C12H19N3O5. The molecule has 0 spiro atoms. The van der Waals surface area contributed by atoms with Crippen LogP contribution in [0.15, 0.2) is 0 Å². The zero-order valence-corrected chi connectivity index (χ0v) is 11.5. The number of rotatable bonds is 6. The first kappa shape index (κ1) is 15.9. The highest BCUT2D eigenvalue weighted by atomic mass is 16.4. The van der Waals surface area contributed by atoms with E-state index in [2.05, 4.69) is 10.6 Å². The van der Waals surface area contributed by atoms with Crippen LogP contribution in [0.25, 0.3) is 0 Å². The van der Waals surface area contributed by atoms with Crippen molar-refractivity contribution in [2.75, 3.05) is 19.6 Å². The fourth-order valence-corrected chi connectivity index (χ4v) is 1.99. The molecule has 3 N–H and O–H groups in total. The topological polar surface area (TPSA) is 116 Å². The summed E-state index contributed by atoms with van der Waals surface area (Å²) in [6.07, 6.45) is 0.0712. The van der Waals surface area contributed by atoms with E-state index in [0.717, 1.165) is 0 Å². The van der Waals surface area contributed by atoms with Gasteiger partial charge in [-0.3, -0.25) is 14.4 Å². The first-order chi connectivity index (χ1) is 9.32. The minimum Gasteiger partial charge on any atom is -0.480 e. The molecule has 2 unspecified atom stereocenters. The Hall–Kier alpha value is -2.12. The molecule has 0 aromatic carbocycles. The number of aliphatic carboxylic acids is 1. The third kappa shape index (κ3) is 4.22. The van der Waals surface area contributed by atoms with Crippen molar-refractivity contribution < 1.29 is 24.3 Å². The minimum absolute atomic E-state index is 0.0712. The first-order valence-corrected chi connectivity index (χ1v) is 6.37. The maximum atomic E-state index is 12.3. The van der Waals surface area contributed by atoms with E-state index in [1.54, 1.807) is 0 Å². The number of nitrogens with zero attached hydrogens (tertiary/aromatic N) is 1. The summed E-state index contributed by atoms with van der Waals surface area (Å²) in [5.74, 6) is -2.52. The van der Waals surface area contributed by atoms with Gasteiger partial charge in [0.2, 0.25) is 17.7 Å². The normalized spacial score (nSPS) is 19.1. The molecule has 0 aromatic heterocycles. The molecule has 0 bridgehead atoms. The Labute approximate surface area is 116 Å². The van der Waals surface area contributed by atoms with Crippen molar-refractivity contribution in [1.82, 2.24) is 15.5 Å². The second kappa shape index (κ2) is 6.88. The second-order valence-corrected chi connectivity index (χ2v) is 4.73. The third-order valence-corrected chi connectivity index (χ3v) is 3.16. The zero-order chi connectivity index (χ0) is 15.3. The smallest absolute Gasteiger partial charge is 0.326 e. The summed E-state index contributed by atoms with van der Waals surface area (Å²) in [5, 5.41) is 14.1. The number of carboxylic acids is 1. The van der Waals surface area contributed by atoms with E-state index in [1.165, 1.54) is 18.7 Å². The van der Waals surface area contributed by atoms with Crippen LogP contribution in [0.1, 0.15) is 20.3 Å². The van der Waals surface area contributed by atoms with E-state index in [0.29, 0.717) is 0 Å². The van der Waals surface area contributed by atoms with Crippen LogP contribution in [0.2, 0.25) is 0 Å². The van der Waals surface area contributed by atoms with E-state index < -0.39 is 17.9 Å². The van der Waals surface area contributed by atoms with Gasteiger partial charge in [-0.15, -0.1) is 0 Å². The molecule has 0 saturated carbocycles. The molecule has 20 heavy (non-hydrogen) atoms. The van der Waals surface area contributed by atoms with Crippen molar-refractivity contribution in [2.24, 2.45) is 5.92 Å². The number of amides is 3. The van der Waals surface area contributed by atoms with Gasteiger partial charge in [0.05, 0.1) is 5.92 Å². The quantitative estimate of drug-likeness (QED) is 0.553. The molecule has 0 aliphatic carbocycles. The van der Waals surface area contributed by atoms with Crippen LogP contribution in [0.5, 0.6) is 0 Å². The Morgan fingerprint density at radius 3 is 2.60 bits per heavy atom. The van der Waals surface area contributed by atoms with E-state index in [1.807, 2.05) is 0 Å². The molecule has 8 heteroatoms. The van der Waals surface area contributed by atoms with Crippen LogP contribution in [-0.2, 0) is 19.2 Å². The van der Waals surface area contributed by atoms with E-state index in [4.69, 9.17) is 5.11 Å². The van der Waals surface area contributed by atoms with E-state index in [9.17, 15) is 19.2 Å². The molecule has 1 heterocycles. The van der Waals surface area contributed by atoms with Crippen molar-refractivity contribution in [3.63, 3.8) is 0 Å². The second-order valence-electron chi connectivity index (χ2n) is 4.73. The summed E-state index contributed by atoms with van der Waals surface area (Å²) < 4.78 is 0. The Morgan fingerprint density at radius 1 is 1.50 bits per heavy atom. The SMILES string of the molecule is CC(=O)NCCN(C(=O)C1CNC(=O)C1)C(C)C(=O)O. The van der Waals surface area contributed by atoms with Crippen LogP contribution in [0.3, 0.4) is 0 Å². The number of carbonyl (C=O) groups excluding carboxylic acids is 3. The Kier molecular flexibility index (Phi) is 5.48. The van der Waals surface area contributed by atoms with Gasteiger partial charge >= 0.3 is 5.97 Å². The molecule has 1 rings (SSSR count). The van der Waals surface area contributed by atoms with Gasteiger partial charge in [0.15, 0.2) is 0 Å². The van der Waals surface area contributed by atoms with Gasteiger partial charge in [-0.05, 0) is 6.92 Å². The maximum absolute atomic E-state index is 12.3. The van der Waals surface area contributed by atoms with Gasteiger partial charge in [-0.1, -0.05) is 0 Å². The monoisotopic (exact) mass is 285 g/mol. The molecular weight excluding hydrogens is 266 g/mol. The van der Waals surface area contributed by atoms with Crippen molar-refractivity contribution >= 4 is 23.7 Å². The number of carboxylic acid groups (broad SMARTS) is 1. The molecule has 0 aromatic rings. The van der Waals surface area contributed by atoms with E-state index in [-0.39, 0.29) is 43.8 Å². The predicted octanol–water partition coefficient (Wildman–Crippen LogP) is -1.44. The lowest BCUT2D eigenvalue weighted by molar-refractivity contribution is -0.151. The average Bonchev–Trinajstić information content (AvgIpc) is 2.79. The highest BCUT2D eigenvalue weighted by Gasteiger charge is 2.34. The molecule has 0 radical (unpaired) electrons. The van der Waals surface area contributed by atoms with Crippen LogP contribution >= 0.6 is 0 Å². The summed E-state index contributed by atoms with van der Waals surface area (Å²) >= 11 is 0. The fraction of sp³-hybridized carbons (Fsp3) is 0.667. The van der Waals surface area contributed by atoms with Crippen LogP contribution in [0, 0.1) is 5.92 Å². The molecule has 2 atom stereocenters. The Bertz CT molecular complexity index is 423. The lowest BCUT2D eigenvalue weighted by Crippen LogP contribution is -2.49. The van der Waals surface area contributed by atoms with Crippen molar-refractivity contribution in [1.29, 1.82) is 0 Å². The van der Waals surface area contributed by atoms with Crippen molar-refractivity contribution in [3.8, 4) is 0 Å². The molecule has 1 saturated heterocycles. The largest absolute Gasteiger partial charge is 0.480 e. The lowest BCUT2D eigenvalue weighted by Gasteiger charge is -2.28. The third-order valence-electron chi connectivity index (χ3n) is 3.16. The summed E-state index contributed by atoms with van der Waals surface area (Å²) in [6.45, 7) is 3.23. The van der Waals surface area contributed by atoms with Crippen LogP contribution in [0.4, 0.5) is 0 Å². The number of hydrogen-bond acceptors (Lipinski definition) is 4. The molecule has 8 nitrogen and oxygen atoms in total.